The number of hydrogen-bond donors (Lipinski definition) is 0. The average molecular weight is 515 g/mol. The molecule has 2 aliphatic rings. The van der Waals surface area contributed by atoms with E-state index in [0.29, 0.717) is 37.2 Å². The second-order valence-electron chi connectivity index (χ2n) is 10.6. The van der Waals surface area contributed by atoms with Crippen molar-refractivity contribution in [3.05, 3.63) is 39.9 Å². The molecule has 0 radical (unpaired) electrons. The first-order valence-corrected chi connectivity index (χ1v) is 14.5. The number of carbonyl (C=O) groups excluding carboxylic acids is 2. The van der Waals surface area contributed by atoms with Gasteiger partial charge in [0, 0.05) is 49.3 Å². The van der Waals surface area contributed by atoms with Crippen LogP contribution >= 0.6 is 0 Å². The maximum atomic E-state index is 13.7. The molecule has 1 aromatic carbocycles. The third kappa shape index (κ3) is 8.52. The number of benzene rings is 1. The zero-order valence-electron chi connectivity index (χ0n) is 22.9. The van der Waals surface area contributed by atoms with E-state index in [9.17, 15) is 19.7 Å². The summed E-state index contributed by atoms with van der Waals surface area (Å²) < 4.78 is 0. The summed E-state index contributed by atoms with van der Waals surface area (Å²) in [6.07, 6.45) is 12.8. The first-order chi connectivity index (χ1) is 17.9. The molecular formula is C29H46N4O4. The Hall–Kier alpha value is -2.48. The van der Waals surface area contributed by atoms with Crippen LogP contribution in [0.3, 0.4) is 0 Å². The van der Waals surface area contributed by atoms with Gasteiger partial charge in [0.15, 0.2) is 0 Å². The van der Waals surface area contributed by atoms with Gasteiger partial charge in [-0.2, -0.15) is 0 Å². The van der Waals surface area contributed by atoms with E-state index in [1.54, 1.807) is 4.90 Å². The van der Waals surface area contributed by atoms with Crippen LogP contribution in [0.5, 0.6) is 0 Å². The van der Waals surface area contributed by atoms with Crippen molar-refractivity contribution in [1.29, 1.82) is 0 Å². The zero-order chi connectivity index (χ0) is 26.6. The molecule has 8 heteroatoms. The molecule has 0 aliphatic heterocycles. The molecule has 0 heterocycles. The summed E-state index contributed by atoms with van der Waals surface area (Å²) in [5.41, 5.74) is 0.396. The van der Waals surface area contributed by atoms with E-state index >= 15 is 0 Å². The second-order valence-corrected chi connectivity index (χ2v) is 10.6. The van der Waals surface area contributed by atoms with Gasteiger partial charge in [0.25, 0.3) is 11.6 Å². The van der Waals surface area contributed by atoms with E-state index in [0.717, 1.165) is 51.7 Å². The van der Waals surface area contributed by atoms with E-state index in [4.69, 9.17) is 0 Å². The van der Waals surface area contributed by atoms with E-state index < -0.39 is 4.92 Å². The summed E-state index contributed by atoms with van der Waals surface area (Å²) in [6, 6.07) is 6.48. The van der Waals surface area contributed by atoms with Gasteiger partial charge >= 0.3 is 0 Å². The molecule has 2 amide bonds. The van der Waals surface area contributed by atoms with Crippen LogP contribution in [0.2, 0.25) is 0 Å². The number of amides is 2. The minimum atomic E-state index is -0.458. The number of hydrogen-bond acceptors (Lipinski definition) is 5. The lowest BCUT2D eigenvalue weighted by molar-refractivity contribution is -0.384. The number of carbonyl (C=O) groups is 2. The van der Waals surface area contributed by atoms with Crippen LogP contribution in [0.25, 0.3) is 0 Å². The molecule has 37 heavy (non-hydrogen) atoms. The molecule has 0 saturated heterocycles. The van der Waals surface area contributed by atoms with Gasteiger partial charge in [0.05, 0.1) is 4.92 Å². The minimum absolute atomic E-state index is 0.0320. The first kappa shape index (κ1) is 29.1. The van der Waals surface area contributed by atoms with Crippen LogP contribution < -0.4 is 0 Å². The van der Waals surface area contributed by atoms with E-state index in [1.807, 2.05) is 0 Å². The zero-order valence-corrected chi connectivity index (χ0v) is 22.9. The van der Waals surface area contributed by atoms with Crippen LogP contribution in [0.4, 0.5) is 5.69 Å². The van der Waals surface area contributed by atoms with Crippen LogP contribution in [0.1, 0.15) is 101 Å². The van der Waals surface area contributed by atoms with Gasteiger partial charge < -0.3 is 14.7 Å². The summed E-state index contributed by atoms with van der Waals surface area (Å²) in [4.78, 5) is 44.1. The van der Waals surface area contributed by atoms with Crippen LogP contribution in [0, 0.1) is 10.1 Å². The van der Waals surface area contributed by atoms with Crippen molar-refractivity contribution in [2.75, 3.05) is 32.7 Å². The van der Waals surface area contributed by atoms with Crippen molar-refractivity contribution in [2.24, 2.45) is 0 Å². The lowest BCUT2D eigenvalue weighted by Gasteiger charge is -2.42. The SMILES string of the molecule is CCN(CC)CCCN(CCC(=O)N(C1CCCCC1)C1CCCCC1)C(=O)c1ccc([N+](=O)[O-])cc1. The standard InChI is InChI=1S/C29H46N4O4/c1-3-30(4-2)21-11-22-31(29(35)24-16-18-27(19-17-24)33(36)37)23-20-28(34)32(25-12-7-5-8-13-25)26-14-9-6-10-15-26/h16-19,25-26H,3-15,20-23H2,1-2H3. The highest BCUT2D eigenvalue weighted by Gasteiger charge is 2.32. The number of nitrogens with zero attached hydrogens (tertiary/aromatic N) is 4. The number of rotatable bonds is 13. The van der Waals surface area contributed by atoms with Crippen molar-refractivity contribution < 1.29 is 14.5 Å². The molecule has 0 N–H and O–H groups in total. The van der Waals surface area contributed by atoms with Crippen LogP contribution in [0.15, 0.2) is 24.3 Å². The Morgan fingerprint density at radius 2 is 1.38 bits per heavy atom. The molecule has 1 aromatic rings. The van der Waals surface area contributed by atoms with Crippen molar-refractivity contribution in [1.82, 2.24) is 14.7 Å². The third-order valence-electron chi connectivity index (χ3n) is 8.23. The normalized spacial score (nSPS) is 17.1. The van der Waals surface area contributed by atoms with Crippen molar-refractivity contribution in [3.8, 4) is 0 Å². The largest absolute Gasteiger partial charge is 0.338 e. The molecular weight excluding hydrogens is 468 g/mol. The summed E-state index contributed by atoms with van der Waals surface area (Å²) in [7, 11) is 0. The average Bonchev–Trinajstić information content (AvgIpc) is 2.94. The molecule has 0 unspecified atom stereocenters. The third-order valence-corrected chi connectivity index (χ3v) is 8.23. The molecule has 2 saturated carbocycles. The number of nitro benzene ring substituents is 1. The predicted molar refractivity (Wildman–Crippen MR) is 147 cm³/mol. The number of non-ortho nitro benzene ring substituents is 1. The highest BCUT2D eigenvalue weighted by Crippen LogP contribution is 2.31. The molecule has 3 rings (SSSR count). The molecule has 0 bridgehead atoms. The van der Waals surface area contributed by atoms with Gasteiger partial charge in [0.1, 0.15) is 0 Å². The second kappa shape index (κ2) is 15.1. The van der Waals surface area contributed by atoms with E-state index in [-0.39, 0.29) is 17.5 Å². The van der Waals surface area contributed by atoms with Gasteiger partial charge in [0.2, 0.25) is 5.91 Å². The highest BCUT2D eigenvalue weighted by molar-refractivity contribution is 5.94. The van der Waals surface area contributed by atoms with Crippen molar-refractivity contribution in [2.45, 2.75) is 103 Å². The quantitative estimate of drug-likeness (QED) is 0.251. The molecule has 2 fully saturated rings. The fraction of sp³-hybridized carbons (Fsp3) is 0.724. The van der Waals surface area contributed by atoms with E-state index in [2.05, 4.69) is 23.6 Å². The topological polar surface area (TPSA) is 87.0 Å². The summed E-state index contributed by atoms with van der Waals surface area (Å²) in [5.74, 6) is 0.0215. The van der Waals surface area contributed by atoms with Gasteiger partial charge in [-0.1, -0.05) is 52.4 Å². The lowest BCUT2D eigenvalue weighted by Crippen LogP contribution is -2.49. The molecule has 0 spiro atoms. The molecule has 206 valence electrons. The Labute approximate surface area is 222 Å². The van der Waals surface area contributed by atoms with Crippen molar-refractivity contribution in [3.63, 3.8) is 0 Å². The predicted octanol–water partition coefficient (Wildman–Crippen LogP) is 5.65. The van der Waals surface area contributed by atoms with Crippen LogP contribution in [-0.2, 0) is 4.79 Å². The lowest BCUT2D eigenvalue weighted by atomic mass is 9.88. The maximum Gasteiger partial charge on any atom is 0.269 e. The Kier molecular flexibility index (Phi) is 11.8. The van der Waals surface area contributed by atoms with E-state index in [1.165, 1.54) is 62.8 Å². The Morgan fingerprint density at radius 1 is 0.838 bits per heavy atom. The molecule has 0 atom stereocenters. The molecule has 2 aliphatic carbocycles. The summed E-state index contributed by atoms with van der Waals surface area (Å²) in [5, 5.41) is 11.0. The molecule has 0 aromatic heterocycles. The van der Waals surface area contributed by atoms with Gasteiger partial charge in [-0.25, -0.2) is 0 Å². The fourth-order valence-electron chi connectivity index (χ4n) is 6.03. The Morgan fingerprint density at radius 3 is 1.86 bits per heavy atom. The summed E-state index contributed by atoms with van der Waals surface area (Å²) in [6.45, 7) is 8.02. The Bertz CT molecular complexity index is 841. The summed E-state index contributed by atoms with van der Waals surface area (Å²) >= 11 is 0. The monoisotopic (exact) mass is 514 g/mol. The van der Waals surface area contributed by atoms with Gasteiger partial charge in [-0.05, 0) is 63.9 Å². The maximum absolute atomic E-state index is 13.7. The van der Waals surface area contributed by atoms with Crippen LogP contribution in [-0.4, -0.2) is 76.2 Å². The van der Waals surface area contributed by atoms with Gasteiger partial charge in [-0.3, -0.25) is 19.7 Å². The fourth-order valence-corrected chi connectivity index (χ4v) is 6.03. The molecule has 8 nitrogen and oxygen atoms in total. The van der Waals surface area contributed by atoms with Crippen molar-refractivity contribution >= 4 is 17.5 Å². The minimum Gasteiger partial charge on any atom is -0.338 e. The smallest absolute Gasteiger partial charge is 0.269 e. The highest BCUT2D eigenvalue weighted by atomic mass is 16.6. The Balaban J connectivity index is 1.70. The number of nitro groups is 1. The first-order valence-electron chi connectivity index (χ1n) is 14.5. The van der Waals surface area contributed by atoms with Gasteiger partial charge in [-0.15, -0.1) is 0 Å².